The van der Waals surface area contributed by atoms with Crippen molar-refractivity contribution in [2.75, 3.05) is 26.3 Å². The molecule has 0 atom stereocenters. The third kappa shape index (κ3) is 6.35. The van der Waals surface area contributed by atoms with Gasteiger partial charge in [-0.05, 0) is 64.3 Å². The van der Waals surface area contributed by atoms with Crippen LogP contribution in [0, 0.1) is 0 Å². The number of hydrogen-bond acceptors (Lipinski definition) is 8. The van der Waals surface area contributed by atoms with Gasteiger partial charge in [0.1, 0.15) is 11.4 Å². The molecule has 38 heavy (non-hydrogen) atoms. The lowest BCUT2D eigenvalue weighted by molar-refractivity contribution is -0.145. The fourth-order valence-corrected chi connectivity index (χ4v) is 4.82. The molecule has 0 unspecified atom stereocenters. The van der Waals surface area contributed by atoms with Crippen LogP contribution in [0.15, 0.2) is 57.5 Å². The Morgan fingerprint density at radius 2 is 1.82 bits per heavy atom. The van der Waals surface area contributed by atoms with E-state index in [2.05, 4.69) is 21.1 Å². The largest absolute Gasteiger partial charge is 0.481 e. The minimum absolute atomic E-state index is 0.238. The zero-order chi connectivity index (χ0) is 27.3. The number of likely N-dealkylation sites (tertiary alicyclic amines) is 1. The number of aromatic nitrogens is 2. The molecule has 1 aliphatic rings. The molecule has 2 aromatic carbocycles. The summed E-state index contributed by atoms with van der Waals surface area (Å²) in [5, 5.41) is 4.41. The van der Waals surface area contributed by atoms with Crippen LogP contribution >= 0.6 is 15.9 Å². The number of ether oxygens (including phenoxy) is 3. The third-order valence-corrected chi connectivity index (χ3v) is 6.77. The molecule has 9 nitrogen and oxygen atoms in total. The van der Waals surface area contributed by atoms with Gasteiger partial charge < -0.3 is 23.6 Å². The van der Waals surface area contributed by atoms with Gasteiger partial charge in [0.25, 0.3) is 5.89 Å². The van der Waals surface area contributed by atoms with Crippen molar-refractivity contribution in [1.82, 2.24) is 15.0 Å². The average Bonchev–Trinajstić information content (AvgIpc) is 3.38. The van der Waals surface area contributed by atoms with Gasteiger partial charge in [0, 0.05) is 17.6 Å². The topological polar surface area (TPSA) is 104 Å². The second-order valence-corrected chi connectivity index (χ2v) is 11.0. The third-order valence-electron chi connectivity index (χ3n) is 6.27. The highest BCUT2D eigenvalue weighted by molar-refractivity contribution is 9.10. The van der Waals surface area contributed by atoms with Gasteiger partial charge in [-0.3, -0.25) is 0 Å². The molecular weight excluding hydrogens is 554 g/mol. The van der Waals surface area contributed by atoms with Crippen LogP contribution in [0.2, 0.25) is 0 Å². The summed E-state index contributed by atoms with van der Waals surface area (Å²) in [6, 6.07) is 15.4. The first-order valence-electron chi connectivity index (χ1n) is 12.6. The van der Waals surface area contributed by atoms with Crippen molar-refractivity contribution in [2.24, 2.45) is 0 Å². The molecule has 1 fully saturated rings. The Balaban J connectivity index is 1.63. The summed E-state index contributed by atoms with van der Waals surface area (Å²) >= 11 is 3.48. The maximum atomic E-state index is 12.7. The van der Waals surface area contributed by atoms with E-state index in [0.29, 0.717) is 43.1 Å². The van der Waals surface area contributed by atoms with E-state index in [-0.39, 0.29) is 25.2 Å². The summed E-state index contributed by atoms with van der Waals surface area (Å²) in [5.74, 6) is 0.751. The van der Waals surface area contributed by atoms with E-state index >= 15 is 0 Å². The molecule has 0 aliphatic carbocycles. The number of halogens is 1. The number of nitrogens with zero attached hydrogens (tertiary/aromatic N) is 3. The van der Waals surface area contributed by atoms with Gasteiger partial charge in [0.15, 0.2) is 12.4 Å². The first kappa shape index (κ1) is 27.6. The molecule has 0 saturated carbocycles. The van der Waals surface area contributed by atoms with Gasteiger partial charge in [-0.1, -0.05) is 51.4 Å². The van der Waals surface area contributed by atoms with E-state index in [1.165, 1.54) is 0 Å². The van der Waals surface area contributed by atoms with Gasteiger partial charge in [-0.25, -0.2) is 9.59 Å². The summed E-state index contributed by atoms with van der Waals surface area (Å²) in [5.41, 5.74) is 0.477. The van der Waals surface area contributed by atoms with Crippen LogP contribution in [0.4, 0.5) is 4.79 Å². The van der Waals surface area contributed by atoms with Crippen molar-refractivity contribution >= 4 is 28.0 Å². The van der Waals surface area contributed by atoms with Crippen molar-refractivity contribution in [3.05, 3.63) is 64.4 Å². The molecular formula is C28H32BrN3O6. The molecule has 2 heterocycles. The van der Waals surface area contributed by atoms with Crippen LogP contribution < -0.4 is 4.74 Å². The molecule has 1 aliphatic heterocycles. The normalized spacial score (nSPS) is 15.1. The quantitative estimate of drug-likeness (QED) is 0.322. The lowest BCUT2D eigenvalue weighted by Gasteiger charge is -2.40. The minimum Gasteiger partial charge on any atom is -0.481 e. The zero-order valence-electron chi connectivity index (χ0n) is 22.0. The van der Waals surface area contributed by atoms with E-state index < -0.39 is 17.0 Å². The van der Waals surface area contributed by atoms with E-state index in [1.807, 2.05) is 51.1 Å². The van der Waals surface area contributed by atoms with Gasteiger partial charge in [0.05, 0.1) is 17.6 Å². The summed E-state index contributed by atoms with van der Waals surface area (Å²) in [6.45, 7) is 8.32. The van der Waals surface area contributed by atoms with E-state index in [4.69, 9.17) is 23.7 Å². The van der Waals surface area contributed by atoms with E-state index in [0.717, 1.165) is 10.0 Å². The van der Waals surface area contributed by atoms with Gasteiger partial charge in [-0.2, -0.15) is 4.98 Å². The maximum Gasteiger partial charge on any atom is 0.410 e. The van der Waals surface area contributed by atoms with E-state index in [1.54, 1.807) is 30.0 Å². The fourth-order valence-electron chi connectivity index (χ4n) is 4.46. The molecule has 0 N–H and O–H groups in total. The summed E-state index contributed by atoms with van der Waals surface area (Å²) < 4.78 is 22.8. The van der Waals surface area contributed by atoms with Crippen LogP contribution in [-0.4, -0.2) is 59.0 Å². The summed E-state index contributed by atoms with van der Waals surface area (Å²) in [6.07, 6.45) is 0.866. The Morgan fingerprint density at radius 3 is 2.47 bits per heavy atom. The molecule has 1 aromatic heterocycles. The Labute approximate surface area is 230 Å². The second-order valence-electron chi connectivity index (χ2n) is 10.1. The molecule has 4 rings (SSSR count). The Hall–Kier alpha value is -3.40. The van der Waals surface area contributed by atoms with Crippen molar-refractivity contribution < 1.29 is 28.3 Å². The average molecular weight is 586 g/mol. The Morgan fingerprint density at radius 1 is 1.11 bits per heavy atom. The van der Waals surface area contributed by atoms with Crippen molar-refractivity contribution in [3.63, 3.8) is 0 Å². The standard InChI is InChI=1S/C28H32BrN3O6/c1-5-35-23(33)18-36-22-12-11-20(29)17-21(22)24-30-25(31-38-24)28(19-9-7-6-8-10-19)13-15-32(16-14-28)26(34)37-27(2,3)4/h6-12,17H,5,13-16,18H2,1-4H3. The maximum absolute atomic E-state index is 12.7. The van der Waals surface area contributed by atoms with E-state index in [9.17, 15) is 9.59 Å². The second kappa shape index (κ2) is 11.6. The van der Waals surface area contributed by atoms with Crippen LogP contribution in [0.1, 0.15) is 51.9 Å². The number of rotatable bonds is 7. The number of benzene rings is 2. The lowest BCUT2D eigenvalue weighted by atomic mass is 9.72. The molecule has 1 saturated heterocycles. The molecule has 3 aromatic rings. The van der Waals surface area contributed by atoms with Gasteiger partial charge in [-0.15, -0.1) is 0 Å². The van der Waals surface area contributed by atoms with Gasteiger partial charge >= 0.3 is 12.1 Å². The molecule has 0 spiro atoms. The monoisotopic (exact) mass is 585 g/mol. The minimum atomic E-state index is -0.565. The predicted molar refractivity (Wildman–Crippen MR) is 144 cm³/mol. The van der Waals surface area contributed by atoms with Crippen LogP contribution in [-0.2, 0) is 19.7 Å². The molecule has 0 bridgehead atoms. The molecule has 10 heteroatoms. The first-order chi connectivity index (χ1) is 18.1. The summed E-state index contributed by atoms with van der Waals surface area (Å²) in [7, 11) is 0. The number of carbonyl (C=O) groups is 2. The number of piperidine rings is 1. The molecule has 202 valence electrons. The highest BCUT2D eigenvalue weighted by Gasteiger charge is 2.43. The lowest BCUT2D eigenvalue weighted by Crippen LogP contribution is -2.47. The fraction of sp³-hybridized carbons (Fsp3) is 0.429. The predicted octanol–water partition coefficient (Wildman–Crippen LogP) is 5.76. The van der Waals surface area contributed by atoms with Crippen LogP contribution in [0.25, 0.3) is 11.5 Å². The SMILES string of the molecule is CCOC(=O)COc1ccc(Br)cc1-c1nc(C2(c3ccccc3)CCN(C(=O)OC(C)(C)C)CC2)no1. The number of esters is 1. The van der Waals surface area contributed by atoms with Crippen molar-refractivity contribution in [1.29, 1.82) is 0 Å². The number of amides is 1. The first-order valence-corrected chi connectivity index (χ1v) is 13.4. The Bertz CT molecular complexity index is 1260. The zero-order valence-corrected chi connectivity index (χ0v) is 23.6. The highest BCUT2D eigenvalue weighted by Crippen LogP contribution is 2.42. The van der Waals surface area contributed by atoms with Crippen LogP contribution in [0.5, 0.6) is 5.75 Å². The van der Waals surface area contributed by atoms with Crippen LogP contribution in [0.3, 0.4) is 0 Å². The summed E-state index contributed by atoms with van der Waals surface area (Å²) in [4.78, 5) is 31.1. The van der Waals surface area contributed by atoms with Crippen molar-refractivity contribution in [3.8, 4) is 17.2 Å². The molecule has 1 amide bonds. The highest BCUT2D eigenvalue weighted by atomic mass is 79.9. The molecule has 0 radical (unpaired) electrons. The Kier molecular flexibility index (Phi) is 8.40. The van der Waals surface area contributed by atoms with Gasteiger partial charge in [0.2, 0.25) is 0 Å². The number of carbonyl (C=O) groups excluding carboxylic acids is 2. The smallest absolute Gasteiger partial charge is 0.410 e. The number of hydrogen-bond donors (Lipinski definition) is 0. The van der Waals surface area contributed by atoms with Crippen molar-refractivity contribution in [2.45, 2.75) is 51.6 Å².